The molecule has 1 aliphatic heterocycles. The van der Waals surface area contributed by atoms with Crippen molar-refractivity contribution < 1.29 is 13.2 Å². The minimum absolute atomic E-state index is 0. The number of carbonyl (C=O) groups excluding carboxylic acids is 1. The third-order valence-corrected chi connectivity index (χ3v) is 8.59. The second kappa shape index (κ2) is 11.1. The van der Waals surface area contributed by atoms with Gasteiger partial charge in [-0.2, -0.15) is 4.31 Å². The number of carbonyl (C=O) groups is 1. The Bertz CT molecular complexity index is 786. The summed E-state index contributed by atoms with van der Waals surface area (Å²) >= 11 is 6.55. The van der Waals surface area contributed by atoms with Gasteiger partial charge in [0.15, 0.2) is 0 Å². The Morgan fingerprint density at radius 2 is 1.87 bits per heavy atom. The molecule has 1 heterocycles. The second-order valence-electron chi connectivity index (χ2n) is 8.17. The molecule has 1 aromatic carbocycles. The number of benzene rings is 1. The van der Waals surface area contributed by atoms with E-state index in [0.29, 0.717) is 44.7 Å². The number of amides is 1. The first-order valence-electron chi connectivity index (χ1n) is 10.6. The number of hydrogen-bond donors (Lipinski definition) is 1. The highest BCUT2D eigenvalue weighted by Crippen LogP contribution is 2.36. The topological polar surface area (TPSA) is 69.7 Å². The first kappa shape index (κ1) is 25.4. The van der Waals surface area contributed by atoms with Crippen LogP contribution in [0.15, 0.2) is 30.3 Å². The van der Waals surface area contributed by atoms with Crippen LogP contribution in [-0.4, -0.2) is 72.9 Å². The summed E-state index contributed by atoms with van der Waals surface area (Å²) < 4.78 is 26.4. The lowest BCUT2D eigenvalue weighted by atomic mass is 9.79. The number of nitrogens with zero attached hydrogens (tertiary/aromatic N) is 2. The molecule has 30 heavy (non-hydrogen) atoms. The van der Waals surface area contributed by atoms with Crippen molar-refractivity contribution in [3.8, 4) is 0 Å². The average Bonchev–Trinajstić information content (AvgIpc) is 2.73. The van der Waals surface area contributed by atoms with Crippen LogP contribution >= 0.6 is 24.0 Å². The first-order valence-corrected chi connectivity index (χ1v) is 12.6. The molecule has 1 aromatic rings. The maximum Gasteiger partial charge on any atom is 0.251 e. The smallest absolute Gasteiger partial charge is 0.251 e. The number of piperazine rings is 1. The van der Waals surface area contributed by atoms with Gasteiger partial charge in [-0.25, -0.2) is 8.42 Å². The van der Waals surface area contributed by atoms with E-state index in [1.54, 1.807) is 4.31 Å². The fourth-order valence-electron chi connectivity index (χ4n) is 4.59. The fraction of sp³-hybridized carbons (Fsp3) is 0.667. The second-order valence-corrected chi connectivity index (χ2v) is 10.9. The molecular weight excluding hydrogens is 445 g/mol. The molecule has 6 nitrogen and oxygen atoms in total. The third kappa shape index (κ3) is 6.10. The van der Waals surface area contributed by atoms with Crippen molar-refractivity contribution in [3.05, 3.63) is 35.9 Å². The van der Waals surface area contributed by atoms with Gasteiger partial charge < -0.3 is 5.32 Å². The van der Waals surface area contributed by atoms with Crippen molar-refractivity contribution in [1.82, 2.24) is 14.5 Å². The Hall–Kier alpha value is -0.860. The molecule has 0 spiro atoms. The van der Waals surface area contributed by atoms with Gasteiger partial charge in [-0.15, -0.1) is 24.0 Å². The lowest BCUT2D eigenvalue weighted by molar-refractivity contribution is 0.0251. The van der Waals surface area contributed by atoms with E-state index in [4.69, 9.17) is 11.6 Å². The number of alkyl halides is 1. The van der Waals surface area contributed by atoms with Crippen molar-refractivity contribution >= 4 is 39.9 Å². The van der Waals surface area contributed by atoms with Crippen molar-refractivity contribution in [2.24, 2.45) is 0 Å². The molecule has 0 bridgehead atoms. The van der Waals surface area contributed by atoms with E-state index in [0.717, 1.165) is 25.7 Å². The number of rotatable bonds is 7. The average molecular weight is 478 g/mol. The molecule has 3 rings (SSSR count). The van der Waals surface area contributed by atoms with Crippen LogP contribution in [-0.2, 0) is 10.0 Å². The molecular formula is C21H33Cl2N3O3S. The Labute approximate surface area is 191 Å². The Morgan fingerprint density at radius 3 is 2.47 bits per heavy atom. The maximum atomic E-state index is 12.6. The summed E-state index contributed by atoms with van der Waals surface area (Å²) in [6.45, 7) is 4.78. The summed E-state index contributed by atoms with van der Waals surface area (Å²) in [6.07, 6.45) is 4.41. The van der Waals surface area contributed by atoms with Gasteiger partial charge in [-0.05, 0) is 37.8 Å². The number of hydrogen-bond acceptors (Lipinski definition) is 4. The monoisotopic (exact) mass is 477 g/mol. The molecule has 1 aliphatic carbocycles. The van der Waals surface area contributed by atoms with E-state index in [1.165, 1.54) is 0 Å². The fourth-order valence-corrected chi connectivity index (χ4v) is 6.53. The van der Waals surface area contributed by atoms with Gasteiger partial charge in [-0.3, -0.25) is 9.69 Å². The van der Waals surface area contributed by atoms with Crippen LogP contribution in [0.4, 0.5) is 0 Å². The first-order chi connectivity index (χ1) is 13.9. The van der Waals surface area contributed by atoms with E-state index in [9.17, 15) is 13.2 Å². The van der Waals surface area contributed by atoms with Gasteiger partial charge in [0.25, 0.3) is 5.91 Å². The van der Waals surface area contributed by atoms with E-state index in [1.807, 2.05) is 37.3 Å². The highest BCUT2D eigenvalue weighted by atomic mass is 35.5. The zero-order valence-corrected chi connectivity index (χ0v) is 19.9. The minimum Gasteiger partial charge on any atom is -0.350 e. The predicted octanol–water partition coefficient (Wildman–Crippen LogP) is 3.12. The predicted molar refractivity (Wildman–Crippen MR) is 124 cm³/mol. The van der Waals surface area contributed by atoms with Crippen LogP contribution in [0.25, 0.3) is 0 Å². The van der Waals surface area contributed by atoms with Gasteiger partial charge in [-0.1, -0.05) is 31.5 Å². The largest absolute Gasteiger partial charge is 0.350 e. The summed E-state index contributed by atoms with van der Waals surface area (Å²) in [5, 5.41) is 3.20. The lowest BCUT2D eigenvalue weighted by Gasteiger charge is -2.50. The number of nitrogens with one attached hydrogen (secondary N) is 1. The van der Waals surface area contributed by atoms with Crippen LogP contribution in [0.2, 0.25) is 0 Å². The Kier molecular flexibility index (Phi) is 9.43. The molecule has 2 unspecified atom stereocenters. The highest BCUT2D eigenvalue weighted by Gasteiger charge is 2.43. The molecule has 9 heteroatoms. The zero-order chi connectivity index (χ0) is 20.9. The van der Waals surface area contributed by atoms with Gasteiger partial charge >= 0.3 is 0 Å². The van der Waals surface area contributed by atoms with Crippen molar-refractivity contribution in [3.63, 3.8) is 0 Å². The van der Waals surface area contributed by atoms with Gasteiger partial charge in [0.05, 0.1) is 5.75 Å². The quantitative estimate of drug-likeness (QED) is 0.612. The van der Waals surface area contributed by atoms with Crippen LogP contribution in [0, 0.1) is 0 Å². The van der Waals surface area contributed by atoms with Crippen molar-refractivity contribution in [1.29, 1.82) is 0 Å². The van der Waals surface area contributed by atoms with Crippen LogP contribution in [0.3, 0.4) is 0 Å². The molecule has 1 amide bonds. The molecule has 1 saturated carbocycles. The van der Waals surface area contributed by atoms with Crippen LogP contribution in [0.1, 0.15) is 49.4 Å². The van der Waals surface area contributed by atoms with E-state index in [-0.39, 0.29) is 35.0 Å². The third-order valence-electron chi connectivity index (χ3n) is 6.14. The van der Waals surface area contributed by atoms with E-state index in [2.05, 4.69) is 10.2 Å². The van der Waals surface area contributed by atoms with Gasteiger partial charge in [0.2, 0.25) is 10.0 Å². The molecule has 2 aliphatic rings. The molecule has 0 aromatic heterocycles. The summed E-state index contributed by atoms with van der Waals surface area (Å²) in [6, 6.07) is 9.23. The van der Waals surface area contributed by atoms with Gasteiger partial charge in [0.1, 0.15) is 0 Å². The van der Waals surface area contributed by atoms with E-state index < -0.39 is 10.0 Å². The zero-order valence-electron chi connectivity index (χ0n) is 17.6. The molecule has 2 fully saturated rings. The summed E-state index contributed by atoms with van der Waals surface area (Å²) in [7, 11) is -3.17. The normalized spacial score (nSPS) is 26.0. The van der Waals surface area contributed by atoms with Gasteiger partial charge in [0, 0.05) is 49.2 Å². The molecule has 1 saturated heterocycles. The molecule has 1 N–H and O–H groups in total. The lowest BCUT2D eigenvalue weighted by Crippen LogP contribution is -2.63. The maximum absolute atomic E-state index is 12.6. The number of sulfonamides is 1. The Balaban J connectivity index is 0.00000320. The van der Waals surface area contributed by atoms with Crippen LogP contribution in [0.5, 0.6) is 0 Å². The summed E-state index contributed by atoms with van der Waals surface area (Å²) in [4.78, 5) is 15.0. The Morgan fingerprint density at radius 1 is 1.20 bits per heavy atom. The SMILES string of the molecule is CCCS(=O)(=O)N1CCN(C2(CNC(=O)c3ccccc3)CCCC(Cl)C2)CC1.Cl. The van der Waals surface area contributed by atoms with Crippen LogP contribution < -0.4 is 5.32 Å². The van der Waals surface area contributed by atoms with Crippen molar-refractivity contribution in [2.45, 2.75) is 49.9 Å². The molecule has 2 atom stereocenters. The molecule has 0 radical (unpaired) electrons. The van der Waals surface area contributed by atoms with Crippen molar-refractivity contribution in [2.75, 3.05) is 38.5 Å². The van der Waals surface area contributed by atoms with E-state index >= 15 is 0 Å². The summed E-state index contributed by atoms with van der Waals surface area (Å²) in [5.41, 5.74) is 0.437. The highest BCUT2D eigenvalue weighted by molar-refractivity contribution is 7.89. The minimum atomic E-state index is -3.17. The number of halogens is 2. The standard InChI is InChI=1S/C21H32ClN3O3S.ClH/c1-2-15-29(27,28)25-13-11-24(12-14-25)21(10-6-9-19(22)16-21)17-23-20(26)18-7-4-3-5-8-18;/h3-5,7-8,19H,2,6,9-17H2,1H3,(H,23,26);1H. The molecule has 170 valence electrons. The summed E-state index contributed by atoms with van der Waals surface area (Å²) in [5.74, 6) is 0.125.